The Morgan fingerprint density at radius 1 is 1.11 bits per heavy atom. The van der Waals surface area contributed by atoms with E-state index in [1.807, 2.05) is 25.3 Å². The molecule has 1 amide bonds. The van der Waals surface area contributed by atoms with Gasteiger partial charge in [-0.2, -0.15) is 0 Å². The summed E-state index contributed by atoms with van der Waals surface area (Å²) in [5, 5.41) is 2.98. The van der Waals surface area contributed by atoms with Gasteiger partial charge in [-0.05, 0) is 45.0 Å². The third-order valence-electron chi connectivity index (χ3n) is 4.13. The minimum Gasteiger partial charge on any atom is -0.456 e. The number of aryl methyl sites for hydroxylation is 1. The largest absolute Gasteiger partial charge is 0.456 e. The highest BCUT2D eigenvalue weighted by atomic mass is 35.5. The second-order valence-corrected chi connectivity index (χ2v) is 6.74. The highest BCUT2D eigenvalue weighted by molar-refractivity contribution is 6.42. The van der Waals surface area contributed by atoms with E-state index in [-0.39, 0.29) is 29.5 Å². The summed E-state index contributed by atoms with van der Waals surface area (Å²) in [7, 11) is 0. The van der Waals surface area contributed by atoms with E-state index in [1.54, 1.807) is 6.07 Å². The van der Waals surface area contributed by atoms with Crippen molar-refractivity contribution in [2.75, 3.05) is 13.2 Å². The Kier molecular flexibility index (Phi) is 7.05. The van der Waals surface area contributed by atoms with Gasteiger partial charge in [-0.1, -0.05) is 23.2 Å². The number of carbonyl (C=O) groups is 3. The molecule has 6 nitrogen and oxygen atoms in total. The van der Waals surface area contributed by atoms with E-state index in [0.717, 1.165) is 17.9 Å². The molecule has 0 unspecified atom stereocenters. The lowest BCUT2D eigenvalue weighted by atomic mass is 10.1. The lowest BCUT2D eigenvalue weighted by molar-refractivity contribution is -0.141. The molecule has 1 N–H and O–H groups in total. The van der Waals surface area contributed by atoms with Gasteiger partial charge in [0.2, 0.25) is 5.78 Å². The molecule has 1 aromatic carbocycles. The van der Waals surface area contributed by atoms with Crippen molar-refractivity contribution in [2.45, 2.75) is 27.3 Å². The van der Waals surface area contributed by atoms with Crippen molar-refractivity contribution in [3.8, 4) is 0 Å². The first-order chi connectivity index (χ1) is 12.7. The lowest BCUT2D eigenvalue weighted by Crippen LogP contribution is -2.31. The summed E-state index contributed by atoms with van der Waals surface area (Å²) in [5.74, 6) is -1.49. The number of carbonyl (C=O) groups excluding carboxylic acids is 3. The van der Waals surface area contributed by atoms with Crippen LogP contribution >= 0.6 is 23.2 Å². The number of rotatable bonds is 7. The third-order valence-corrected chi connectivity index (χ3v) is 4.87. The number of ketones is 1. The van der Waals surface area contributed by atoms with Crippen LogP contribution in [0.1, 0.15) is 39.0 Å². The zero-order chi connectivity index (χ0) is 20.1. The maximum atomic E-state index is 12.3. The van der Waals surface area contributed by atoms with Gasteiger partial charge in [0.1, 0.15) is 6.54 Å². The van der Waals surface area contributed by atoms with Crippen LogP contribution in [0.25, 0.3) is 0 Å². The van der Waals surface area contributed by atoms with Crippen LogP contribution in [-0.4, -0.2) is 35.4 Å². The summed E-state index contributed by atoms with van der Waals surface area (Å²) in [6, 6.07) is 6.16. The molecule has 0 saturated heterocycles. The predicted octanol–water partition coefficient (Wildman–Crippen LogP) is 3.59. The van der Waals surface area contributed by atoms with E-state index in [2.05, 4.69) is 5.32 Å². The van der Waals surface area contributed by atoms with Crippen LogP contribution in [0.4, 0.5) is 0 Å². The standard InChI is InChI=1S/C19H20Cl2N2O4/c1-4-23-11(2)7-14(12(23)3)17(24)10-27-18(25)9-22-19(26)13-5-6-15(20)16(21)8-13/h5-8H,4,9-10H2,1-3H3,(H,22,26). The summed E-state index contributed by atoms with van der Waals surface area (Å²) < 4.78 is 6.97. The van der Waals surface area contributed by atoms with Crippen LogP contribution < -0.4 is 5.32 Å². The minimum absolute atomic E-state index is 0.238. The molecule has 0 saturated carbocycles. The predicted molar refractivity (Wildman–Crippen MR) is 104 cm³/mol. The number of hydrogen-bond donors (Lipinski definition) is 1. The Bertz CT molecular complexity index is 890. The van der Waals surface area contributed by atoms with Gasteiger partial charge in [-0.15, -0.1) is 0 Å². The second kappa shape index (κ2) is 9.06. The topological polar surface area (TPSA) is 77.4 Å². The van der Waals surface area contributed by atoms with Crippen molar-refractivity contribution in [1.82, 2.24) is 9.88 Å². The molecule has 0 radical (unpaired) electrons. The van der Waals surface area contributed by atoms with Gasteiger partial charge in [0.05, 0.1) is 10.0 Å². The number of nitrogens with zero attached hydrogens (tertiary/aromatic N) is 1. The fourth-order valence-electron chi connectivity index (χ4n) is 2.74. The SMILES string of the molecule is CCn1c(C)cc(C(=O)COC(=O)CNC(=O)c2ccc(Cl)c(Cl)c2)c1C. The number of hydrogen-bond acceptors (Lipinski definition) is 4. The summed E-state index contributed by atoms with van der Waals surface area (Å²) in [6.45, 7) is 5.77. The molecular formula is C19H20Cl2N2O4. The minimum atomic E-state index is -0.707. The van der Waals surface area contributed by atoms with Gasteiger partial charge < -0.3 is 14.6 Å². The van der Waals surface area contributed by atoms with Crippen LogP contribution in [0.5, 0.6) is 0 Å². The number of nitrogens with one attached hydrogen (secondary N) is 1. The monoisotopic (exact) mass is 410 g/mol. The first-order valence-electron chi connectivity index (χ1n) is 8.33. The van der Waals surface area contributed by atoms with Crippen LogP contribution in [0.2, 0.25) is 10.0 Å². The molecule has 1 aromatic heterocycles. The molecule has 8 heteroatoms. The molecule has 1 heterocycles. The van der Waals surface area contributed by atoms with Crippen molar-refractivity contribution < 1.29 is 19.1 Å². The van der Waals surface area contributed by atoms with Crippen molar-refractivity contribution in [3.63, 3.8) is 0 Å². The van der Waals surface area contributed by atoms with E-state index < -0.39 is 11.9 Å². The molecule has 0 aliphatic heterocycles. The number of benzene rings is 1. The van der Waals surface area contributed by atoms with E-state index in [9.17, 15) is 14.4 Å². The van der Waals surface area contributed by atoms with Crippen molar-refractivity contribution in [3.05, 3.63) is 56.8 Å². The van der Waals surface area contributed by atoms with Crippen LogP contribution in [-0.2, 0) is 16.1 Å². The Morgan fingerprint density at radius 3 is 2.41 bits per heavy atom. The molecule has 0 bridgehead atoms. The molecule has 0 fully saturated rings. The second-order valence-electron chi connectivity index (χ2n) is 5.92. The molecule has 2 aromatic rings. The highest BCUT2D eigenvalue weighted by Crippen LogP contribution is 2.22. The normalized spacial score (nSPS) is 10.6. The molecule has 0 spiro atoms. The Morgan fingerprint density at radius 2 is 1.81 bits per heavy atom. The number of esters is 1. The summed E-state index contributed by atoms with van der Waals surface area (Å²) in [4.78, 5) is 36.1. The van der Waals surface area contributed by atoms with Gasteiger partial charge in [0, 0.05) is 29.1 Å². The van der Waals surface area contributed by atoms with E-state index in [4.69, 9.17) is 27.9 Å². The molecule has 0 aliphatic rings. The number of ether oxygens (including phenoxy) is 1. The molecule has 144 valence electrons. The van der Waals surface area contributed by atoms with E-state index >= 15 is 0 Å². The van der Waals surface area contributed by atoms with Crippen molar-refractivity contribution in [1.29, 1.82) is 0 Å². The van der Waals surface area contributed by atoms with E-state index in [0.29, 0.717) is 10.6 Å². The van der Waals surface area contributed by atoms with Crippen LogP contribution in [0.3, 0.4) is 0 Å². The zero-order valence-corrected chi connectivity index (χ0v) is 16.8. The number of amides is 1. The lowest BCUT2D eigenvalue weighted by Gasteiger charge is -2.08. The van der Waals surface area contributed by atoms with Crippen molar-refractivity contribution >= 4 is 40.9 Å². The van der Waals surface area contributed by atoms with Gasteiger partial charge in [0.25, 0.3) is 5.91 Å². The fraction of sp³-hybridized carbons (Fsp3) is 0.316. The average Bonchev–Trinajstić information content (AvgIpc) is 2.93. The fourth-order valence-corrected chi connectivity index (χ4v) is 3.03. The quantitative estimate of drug-likeness (QED) is 0.558. The summed E-state index contributed by atoms with van der Waals surface area (Å²) in [6.07, 6.45) is 0. The van der Waals surface area contributed by atoms with Crippen molar-refractivity contribution in [2.24, 2.45) is 0 Å². The zero-order valence-electron chi connectivity index (χ0n) is 15.3. The Labute approximate surface area is 167 Å². The Balaban J connectivity index is 1.86. The Hall–Kier alpha value is -2.31. The molecule has 0 aliphatic carbocycles. The summed E-state index contributed by atoms with van der Waals surface area (Å²) >= 11 is 11.7. The third kappa shape index (κ3) is 5.11. The number of halogens is 2. The molecule has 27 heavy (non-hydrogen) atoms. The molecule has 2 rings (SSSR count). The average molecular weight is 411 g/mol. The first-order valence-corrected chi connectivity index (χ1v) is 9.09. The van der Waals surface area contributed by atoms with Gasteiger partial charge in [-0.3, -0.25) is 14.4 Å². The maximum Gasteiger partial charge on any atom is 0.325 e. The first kappa shape index (κ1) is 21.0. The van der Waals surface area contributed by atoms with E-state index in [1.165, 1.54) is 18.2 Å². The van der Waals surface area contributed by atoms with Gasteiger partial charge in [0.15, 0.2) is 6.61 Å². The smallest absolute Gasteiger partial charge is 0.325 e. The van der Waals surface area contributed by atoms with Crippen LogP contribution in [0.15, 0.2) is 24.3 Å². The van der Waals surface area contributed by atoms with Gasteiger partial charge >= 0.3 is 5.97 Å². The van der Waals surface area contributed by atoms with Gasteiger partial charge in [-0.25, -0.2) is 0 Å². The maximum absolute atomic E-state index is 12.3. The highest BCUT2D eigenvalue weighted by Gasteiger charge is 2.17. The molecule has 0 atom stereocenters. The van der Waals surface area contributed by atoms with Crippen LogP contribution in [0, 0.1) is 13.8 Å². The number of aromatic nitrogens is 1. The summed E-state index contributed by atoms with van der Waals surface area (Å²) in [5.41, 5.74) is 2.60. The molecular weight excluding hydrogens is 391 g/mol. The number of Topliss-reactive ketones (excluding diaryl/α,β-unsaturated/α-hetero) is 1.